The van der Waals surface area contributed by atoms with Gasteiger partial charge in [-0.05, 0) is 84.6 Å². The third kappa shape index (κ3) is 13.2. The molecule has 0 aliphatic carbocycles. The lowest BCUT2D eigenvalue weighted by molar-refractivity contribution is -0.143. The van der Waals surface area contributed by atoms with Crippen LogP contribution < -0.4 is 18.9 Å². The standard InChI is InChI=1S/C47H56O11/c1-31(2)44(51)57-29-38(49)27-55-42-21-13-35(14-22-42)46(5,6)33-9-17-40(18-10-33)53-25-37(48)26-54-41-19-11-34(12-20-41)47(7,8)36-15-23-43(24-16-36)56-28-39(50)30-58-45(52)32(3)4/h9-24,37-39,48-50H,1,3,25-30H2,2,4-8H3. The number of hydrogen-bond donors (Lipinski definition) is 3. The van der Waals surface area contributed by atoms with Crippen molar-refractivity contribution in [2.75, 3.05) is 39.6 Å². The molecular formula is C47H56O11. The topological polar surface area (TPSA) is 150 Å². The third-order valence-corrected chi connectivity index (χ3v) is 9.58. The summed E-state index contributed by atoms with van der Waals surface area (Å²) >= 11 is 0. The molecule has 11 heteroatoms. The van der Waals surface area contributed by atoms with Crippen molar-refractivity contribution in [3.05, 3.63) is 144 Å². The molecule has 0 aliphatic heterocycles. The van der Waals surface area contributed by atoms with Crippen LogP contribution >= 0.6 is 0 Å². The highest BCUT2D eigenvalue weighted by Gasteiger charge is 2.25. The molecule has 2 atom stereocenters. The van der Waals surface area contributed by atoms with Crippen LogP contribution in [0.1, 0.15) is 63.8 Å². The van der Waals surface area contributed by atoms with Gasteiger partial charge in [0.1, 0.15) is 81.0 Å². The Balaban J connectivity index is 1.20. The normalized spacial score (nSPS) is 13.1. The van der Waals surface area contributed by atoms with Crippen LogP contribution in [-0.4, -0.2) is 85.2 Å². The summed E-state index contributed by atoms with van der Waals surface area (Å²) in [5.41, 5.74) is 4.13. The molecule has 0 radical (unpaired) electrons. The van der Waals surface area contributed by atoms with Crippen LogP contribution in [0, 0.1) is 0 Å². The highest BCUT2D eigenvalue weighted by Crippen LogP contribution is 2.35. The average molecular weight is 797 g/mol. The summed E-state index contributed by atoms with van der Waals surface area (Å²) in [5.74, 6) is 1.31. The molecule has 2 unspecified atom stereocenters. The minimum atomic E-state index is -0.963. The molecule has 0 aromatic heterocycles. The van der Waals surface area contributed by atoms with E-state index in [4.69, 9.17) is 28.4 Å². The van der Waals surface area contributed by atoms with Gasteiger partial charge in [0.2, 0.25) is 0 Å². The molecule has 0 fully saturated rings. The molecule has 4 aromatic rings. The number of carbonyl (C=O) groups is 2. The van der Waals surface area contributed by atoms with E-state index in [1.165, 1.54) is 0 Å². The van der Waals surface area contributed by atoms with Crippen LogP contribution in [0.25, 0.3) is 0 Å². The van der Waals surface area contributed by atoms with Gasteiger partial charge in [0.15, 0.2) is 0 Å². The number of aliphatic hydroxyl groups is 3. The maximum Gasteiger partial charge on any atom is 0.333 e. The van der Waals surface area contributed by atoms with Crippen molar-refractivity contribution in [3.63, 3.8) is 0 Å². The Hall–Kier alpha value is -5.62. The van der Waals surface area contributed by atoms with Crippen LogP contribution in [0.15, 0.2) is 121 Å². The SMILES string of the molecule is C=C(C)C(=O)OCC(O)COc1ccc(C(C)(C)c2ccc(OCC(O)COc3ccc(C(C)(C)c4ccc(OCC(O)COC(=O)C(=C)C)cc4)cc3)cc2)cc1. The van der Waals surface area contributed by atoms with Gasteiger partial charge < -0.3 is 43.7 Å². The van der Waals surface area contributed by atoms with Crippen molar-refractivity contribution in [2.24, 2.45) is 0 Å². The molecule has 4 aromatic carbocycles. The maximum absolute atomic E-state index is 11.5. The summed E-state index contributed by atoms with van der Waals surface area (Å²) in [6, 6.07) is 30.7. The number of ether oxygens (including phenoxy) is 6. The minimum Gasteiger partial charge on any atom is -0.491 e. The van der Waals surface area contributed by atoms with Crippen molar-refractivity contribution in [1.82, 2.24) is 0 Å². The predicted octanol–water partition coefficient (Wildman–Crippen LogP) is 6.88. The number of esters is 2. The molecule has 0 bridgehead atoms. The minimum absolute atomic E-state index is 0.0220. The van der Waals surface area contributed by atoms with E-state index in [0.717, 1.165) is 22.3 Å². The van der Waals surface area contributed by atoms with E-state index >= 15 is 0 Å². The Labute approximate surface area is 341 Å². The summed E-state index contributed by atoms with van der Waals surface area (Å²) in [4.78, 5) is 23.0. The van der Waals surface area contributed by atoms with Gasteiger partial charge in [-0.2, -0.15) is 0 Å². The molecule has 3 N–H and O–H groups in total. The summed E-state index contributed by atoms with van der Waals surface area (Å²) in [6.07, 6.45) is -2.78. The summed E-state index contributed by atoms with van der Waals surface area (Å²) < 4.78 is 33.0. The number of hydrogen-bond acceptors (Lipinski definition) is 11. The van der Waals surface area contributed by atoms with Crippen LogP contribution in [0.5, 0.6) is 23.0 Å². The lowest BCUT2D eigenvalue weighted by Crippen LogP contribution is -2.25. The van der Waals surface area contributed by atoms with E-state index in [1.54, 1.807) is 13.8 Å². The fourth-order valence-electron chi connectivity index (χ4n) is 5.71. The van der Waals surface area contributed by atoms with Crippen LogP contribution in [0.4, 0.5) is 0 Å². The maximum atomic E-state index is 11.5. The highest BCUT2D eigenvalue weighted by atomic mass is 16.6. The number of benzene rings is 4. The van der Waals surface area contributed by atoms with Gasteiger partial charge in [-0.1, -0.05) is 89.4 Å². The summed E-state index contributed by atoms with van der Waals surface area (Å²) in [6.45, 7) is 18.3. The molecule has 0 aliphatic rings. The molecule has 4 rings (SSSR count). The van der Waals surface area contributed by atoms with Gasteiger partial charge in [0.25, 0.3) is 0 Å². The van der Waals surface area contributed by atoms with E-state index in [-0.39, 0.29) is 61.6 Å². The first-order chi connectivity index (χ1) is 27.4. The average Bonchev–Trinajstić information content (AvgIpc) is 3.22. The van der Waals surface area contributed by atoms with Gasteiger partial charge in [-0.25, -0.2) is 9.59 Å². The van der Waals surface area contributed by atoms with E-state index in [0.29, 0.717) is 23.0 Å². The highest BCUT2D eigenvalue weighted by molar-refractivity contribution is 5.87. The lowest BCUT2D eigenvalue weighted by atomic mass is 9.78. The quantitative estimate of drug-likeness (QED) is 0.0565. The molecule has 0 saturated carbocycles. The van der Waals surface area contributed by atoms with E-state index in [1.807, 2.05) is 97.1 Å². The molecule has 0 saturated heterocycles. The first-order valence-corrected chi connectivity index (χ1v) is 19.1. The van der Waals surface area contributed by atoms with Crippen LogP contribution in [-0.2, 0) is 29.9 Å². The Morgan fingerprint density at radius 3 is 0.862 bits per heavy atom. The Morgan fingerprint density at radius 1 is 0.448 bits per heavy atom. The number of carbonyl (C=O) groups excluding carboxylic acids is 2. The third-order valence-electron chi connectivity index (χ3n) is 9.58. The zero-order valence-corrected chi connectivity index (χ0v) is 34.2. The predicted molar refractivity (Wildman–Crippen MR) is 222 cm³/mol. The molecule has 11 nitrogen and oxygen atoms in total. The first kappa shape index (κ1) is 45.1. The smallest absolute Gasteiger partial charge is 0.333 e. The molecule has 0 spiro atoms. The van der Waals surface area contributed by atoms with Gasteiger partial charge >= 0.3 is 11.9 Å². The van der Waals surface area contributed by atoms with E-state index in [9.17, 15) is 24.9 Å². The Kier molecular flexibility index (Phi) is 16.1. The second kappa shape index (κ2) is 20.7. The Morgan fingerprint density at radius 2 is 0.655 bits per heavy atom. The first-order valence-electron chi connectivity index (χ1n) is 19.1. The fraction of sp³-hybridized carbons (Fsp3) is 0.362. The van der Waals surface area contributed by atoms with Gasteiger partial charge in [-0.15, -0.1) is 0 Å². The van der Waals surface area contributed by atoms with Crippen LogP contribution in [0.2, 0.25) is 0 Å². The second-order valence-corrected chi connectivity index (χ2v) is 15.3. The van der Waals surface area contributed by atoms with Crippen molar-refractivity contribution in [3.8, 4) is 23.0 Å². The van der Waals surface area contributed by atoms with Crippen molar-refractivity contribution in [2.45, 2.75) is 70.7 Å². The zero-order chi connectivity index (χ0) is 42.5. The fourth-order valence-corrected chi connectivity index (χ4v) is 5.71. The lowest BCUT2D eigenvalue weighted by Gasteiger charge is -2.27. The van der Waals surface area contributed by atoms with E-state index in [2.05, 4.69) is 40.9 Å². The number of aliphatic hydroxyl groups excluding tert-OH is 3. The van der Waals surface area contributed by atoms with Gasteiger partial charge in [0, 0.05) is 22.0 Å². The summed E-state index contributed by atoms with van der Waals surface area (Å²) in [7, 11) is 0. The largest absolute Gasteiger partial charge is 0.491 e. The van der Waals surface area contributed by atoms with E-state index < -0.39 is 30.3 Å². The Bertz CT molecular complexity index is 1810. The molecule has 310 valence electrons. The molecule has 58 heavy (non-hydrogen) atoms. The summed E-state index contributed by atoms with van der Waals surface area (Å²) in [5, 5.41) is 30.8. The molecular weight excluding hydrogens is 741 g/mol. The van der Waals surface area contributed by atoms with Crippen molar-refractivity contribution in [1.29, 1.82) is 0 Å². The van der Waals surface area contributed by atoms with Crippen molar-refractivity contribution >= 4 is 11.9 Å². The molecule has 0 amide bonds. The van der Waals surface area contributed by atoms with Crippen LogP contribution in [0.3, 0.4) is 0 Å². The van der Waals surface area contributed by atoms with Crippen molar-refractivity contribution < 1.29 is 53.3 Å². The number of rotatable bonds is 22. The molecule has 0 heterocycles. The van der Waals surface area contributed by atoms with Gasteiger partial charge in [0.05, 0.1) is 0 Å². The monoisotopic (exact) mass is 796 g/mol. The zero-order valence-electron chi connectivity index (χ0n) is 34.2. The second-order valence-electron chi connectivity index (χ2n) is 15.3. The van der Waals surface area contributed by atoms with Gasteiger partial charge in [-0.3, -0.25) is 0 Å².